The van der Waals surface area contributed by atoms with Gasteiger partial charge in [0, 0.05) is 19.3 Å². The molecule has 7 heteroatoms. The van der Waals surface area contributed by atoms with E-state index in [-0.39, 0.29) is 11.9 Å². The highest BCUT2D eigenvalue weighted by Crippen LogP contribution is 2.08. The minimum atomic E-state index is -0.790. The second kappa shape index (κ2) is 5.44. The maximum absolute atomic E-state index is 11.5. The van der Waals surface area contributed by atoms with Gasteiger partial charge < -0.3 is 4.74 Å². The molecule has 1 heterocycles. The molecular weight excluding hydrogens is 236 g/mol. The molecule has 0 aliphatic rings. The van der Waals surface area contributed by atoms with Gasteiger partial charge in [-0.25, -0.2) is 9.48 Å². The second-order valence-electron chi connectivity index (χ2n) is 4.55. The minimum Gasteiger partial charge on any atom is -0.442 e. The smallest absolute Gasteiger partial charge is 0.437 e. The van der Waals surface area contributed by atoms with Crippen molar-refractivity contribution in [1.29, 1.82) is 0 Å². The van der Waals surface area contributed by atoms with Crippen LogP contribution in [0, 0.1) is 0 Å². The van der Waals surface area contributed by atoms with Crippen molar-refractivity contribution in [2.75, 3.05) is 0 Å². The second-order valence-corrected chi connectivity index (χ2v) is 4.55. The summed E-state index contributed by atoms with van der Waals surface area (Å²) < 4.78 is 6.30. The van der Waals surface area contributed by atoms with Crippen LogP contribution in [0.3, 0.4) is 0 Å². The van der Waals surface area contributed by atoms with Gasteiger partial charge in [0.15, 0.2) is 0 Å². The first-order chi connectivity index (χ1) is 8.28. The van der Waals surface area contributed by atoms with Gasteiger partial charge in [0.25, 0.3) is 0 Å². The summed E-state index contributed by atoms with van der Waals surface area (Å²) in [4.78, 5) is 26.2. The van der Waals surface area contributed by atoms with Gasteiger partial charge in [0.1, 0.15) is 5.60 Å². The average molecular weight is 252 g/mol. The summed E-state index contributed by atoms with van der Waals surface area (Å²) in [6, 6.07) is 1.65. The predicted molar refractivity (Wildman–Crippen MR) is 65.1 cm³/mol. The van der Waals surface area contributed by atoms with E-state index < -0.39 is 11.7 Å². The normalized spacial score (nSPS) is 12.1. The topological polar surface area (TPSA) is 85.6 Å². The van der Waals surface area contributed by atoms with Crippen LogP contribution < -0.4 is 5.32 Å². The van der Waals surface area contributed by atoms with E-state index in [4.69, 9.17) is 4.74 Å². The van der Waals surface area contributed by atoms with Crippen molar-refractivity contribution in [1.82, 2.24) is 15.1 Å². The number of amides is 2. The number of carbonyl (C=O) groups excluding carboxylic acids is 2. The molecule has 0 spiro atoms. The first kappa shape index (κ1) is 13.9. The molecule has 1 N–H and O–H groups in total. The Bertz CT molecular complexity index is 457. The van der Waals surface area contributed by atoms with E-state index in [0.717, 1.165) is 0 Å². The molecule has 1 aromatic heterocycles. The lowest BCUT2D eigenvalue weighted by Crippen LogP contribution is -2.35. The summed E-state index contributed by atoms with van der Waals surface area (Å²) in [6.45, 7) is 6.50. The van der Waals surface area contributed by atoms with Crippen LogP contribution in [0.5, 0.6) is 0 Å². The van der Waals surface area contributed by atoms with Crippen LogP contribution >= 0.6 is 0 Å². The number of hydrogen-bond donors (Lipinski definition) is 1. The fraction of sp³-hybridized carbons (Fsp3) is 0.455. The number of carbonyl (C=O) groups is 2. The van der Waals surface area contributed by atoms with Gasteiger partial charge in [-0.2, -0.15) is 5.10 Å². The van der Waals surface area contributed by atoms with Crippen LogP contribution in [0.25, 0.3) is 0 Å². The van der Waals surface area contributed by atoms with Gasteiger partial charge >= 0.3 is 6.09 Å². The Morgan fingerprint density at radius 1 is 1.39 bits per heavy atom. The molecule has 2 amide bonds. The van der Waals surface area contributed by atoms with E-state index in [2.05, 4.69) is 15.4 Å². The Morgan fingerprint density at radius 3 is 2.50 bits per heavy atom. The standard InChI is InChI=1S/C11H16N4O3/c1-8(16)13-9(15-7-5-6-12-15)14-10(17)18-11(2,3)4/h5-7H,1-4H3,(H,13,14,16,17). The Labute approximate surface area is 105 Å². The van der Waals surface area contributed by atoms with Crippen LogP contribution in [-0.4, -0.2) is 33.3 Å². The fourth-order valence-electron chi connectivity index (χ4n) is 1.06. The van der Waals surface area contributed by atoms with Gasteiger partial charge in [-0.1, -0.05) is 0 Å². The molecule has 0 saturated carbocycles. The van der Waals surface area contributed by atoms with Crippen molar-refractivity contribution in [3.05, 3.63) is 18.5 Å². The van der Waals surface area contributed by atoms with Crippen LogP contribution in [0.1, 0.15) is 27.7 Å². The van der Waals surface area contributed by atoms with Gasteiger partial charge in [-0.3, -0.25) is 10.1 Å². The van der Waals surface area contributed by atoms with Crippen molar-refractivity contribution < 1.29 is 14.3 Å². The summed E-state index contributed by atoms with van der Waals surface area (Å²) in [5.41, 5.74) is -0.647. The minimum absolute atomic E-state index is 0.00162. The van der Waals surface area contributed by atoms with E-state index in [1.165, 1.54) is 17.8 Å². The Kier molecular flexibility index (Phi) is 4.19. The van der Waals surface area contributed by atoms with Crippen LogP contribution in [0.2, 0.25) is 0 Å². The molecule has 0 radical (unpaired) electrons. The molecule has 0 aromatic carbocycles. The molecular formula is C11H16N4O3. The quantitative estimate of drug-likeness (QED) is 0.554. The molecule has 0 saturated heterocycles. The zero-order chi connectivity index (χ0) is 13.8. The van der Waals surface area contributed by atoms with Crippen LogP contribution in [0.15, 0.2) is 23.5 Å². The predicted octanol–water partition coefficient (Wildman–Crippen LogP) is 1.16. The Balaban J connectivity index is 2.90. The van der Waals surface area contributed by atoms with Crippen LogP contribution in [0.4, 0.5) is 4.79 Å². The molecule has 0 aliphatic carbocycles. The highest BCUT2D eigenvalue weighted by molar-refractivity contribution is 6.00. The van der Waals surface area contributed by atoms with Gasteiger partial charge in [-0.15, -0.1) is 4.99 Å². The molecule has 7 nitrogen and oxygen atoms in total. The third kappa shape index (κ3) is 4.77. The van der Waals surface area contributed by atoms with E-state index in [1.54, 1.807) is 33.0 Å². The summed E-state index contributed by atoms with van der Waals surface area (Å²) in [6.07, 6.45) is 2.27. The fourth-order valence-corrected chi connectivity index (χ4v) is 1.06. The lowest BCUT2D eigenvalue weighted by atomic mass is 10.2. The van der Waals surface area contributed by atoms with E-state index >= 15 is 0 Å². The summed E-state index contributed by atoms with van der Waals surface area (Å²) in [5.74, 6) is -0.352. The zero-order valence-electron chi connectivity index (χ0n) is 10.8. The van der Waals surface area contributed by atoms with E-state index in [9.17, 15) is 9.59 Å². The molecule has 1 aromatic rings. The average Bonchev–Trinajstić information content (AvgIpc) is 2.64. The molecule has 0 atom stereocenters. The highest BCUT2D eigenvalue weighted by atomic mass is 16.6. The SMILES string of the molecule is CC(=O)NC(=NC(=O)OC(C)(C)C)n1cccn1. The van der Waals surface area contributed by atoms with E-state index in [0.29, 0.717) is 0 Å². The zero-order valence-corrected chi connectivity index (χ0v) is 10.8. The molecule has 1 rings (SSSR count). The Morgan fingerprint density at radius 2 is 2.06 bits per heavy atom. The monoisotopic (exact) mass is 252 g/mol. The third-order valence-corrected chi connectivity index (χ3v) is 1.60. The third-order valence-electron chi connectivity index (χ3n) is 1.60. The number of aliphatic imine (C=N–C) groups is 1. The van der Waals surface area contributed by atoms with Crippen molar-refractivity contribution in [2.24, 2.45) is 4.99 Å². The molecule has 0 bridgehead atoms. The lowest BCUT2D eigenvalue weighted by Gasteiger charge is -2.17. The number of rotatable bonds is 0. The highest BCUT2D eigenvalue weighted by Gasteiger charge is 2.17. The maximum atomic E-state index is 11.5. The first-order valence-corrected chi connectivity index (χ1v) is 5.37. The Hall–Kier alpha value is -2.18. The van der Waals surface area contributed by atoms with Gasteiger partial charge in [-0.05, 0) is 26.8 Å². The number of nitrogens with one attached hydrogen (secondary N) is 1. The molecule has 0 fully saturated rings. The molecule has 98 valence electrons. The van der Waals surface area contributed by atoms with Crippen molar-refractivity contribution in [2.45, 2.75) is 33.3 Å². The summed E-state index contributed by atoms with van der Waals surface area (Å²) in [5, 5.41) is 6.29. The molecule has 0 unspecified atom stereocenters. The number of aromatic nitrogens is 2. The van der Waals surface area contributed by atoms with Gasteiger partial charge in [0.05, 0.1) is 0 Å². The summed E-state index contributed by atoms with van der Waals surface area (Å²) >= 11 is 0. The molecule has 18 heavy (non-hydrogen) atoms. The number of ether oxygens (including phenoxy) is 1. The number of hydrogen-bond acceptors (Lipinski definition) is 4. The maximum Gasteiger partial charge on any atom is 0.437 e. The van der Waals surface area contributed by atoms with Crippen LogP contribution in [-0.2, 0) is 9.53 Å². The van der Waals surface area contributed by atoms with E-state index in [1.807, 2.05) is 0 Å². The van der Waals surface area contributed by atoms with Gasteiger partial charge in [0.2, 0.25) is 11.9 Å². The van der Waals surface area contributed by atoms with Crippen molar-refractivity contribution >= 4 is 18.0 Å². The summed E-state index contributed by atoms with van der Waals surface area (Å²) in [7, 11) is 0. The van der Waals surface area contributed by atoms with Crippen molar-refractivity contribution in [3.63, 3.8) is 0 Å². The lowest BCUT2D eigenvalue weighted by molar-refractivity contribution is -0.117. The molecule has 0 aliphatic heterocycles. The first-order valence-electron chi connectivity index (χ1n) is 5.37. The largest absolute Gasteiger partial charge is 0.442 e. The number of nitrogens with zero attached hydrogens (tertiary/aromatic N) is 3. The van der Waals surface area contributed by atoms with Crippen molar-refractivity contribution in [3.8, 4) is 0 Å².